The van der Waals surface area contributed by atoms with Crippen molar-refractivity contribution in [1.29, 1.82) is 0 Å². The third-order valence-corrected chi connectivity index (χ3v) is 4.40. The van der Waals surface area contributed by atoms with Crippen LogP contribution in [0.25, 0.3) is 0 Å². The first-order valence-corrected chi connectivity index (χ1v) is 8.90. The van der Waals surface area contributed by atoms with Crippen LogP contribution in [0.1, 0.15) is 35.6 Å². The summed E-state index contributed by atoms with van der Waals surface area (Å²) in [5.74, 6) is 0.592. The van der Waals surface area contributed by atoms with Crippen LogP contribution in [0.15, 0.2) is 24.3 Å². The Balaban J connectivity index is 1.87. The van der Waals surface area contributed by atoms with E-state index in [9.17, 15) is 4.79 Å². The van der Waals surface area contributed by atoms with E-state index in [1.165, 1.54) is 0 Å². The SMILES string of the molecule is COc1cc(CNCC(C)(C)CN(C)C(=O)c2cc(C)[nH]n2)ccc1Cl. The molecule has 0 aliphatic heterocycles. The molecule has 2 aromatic rings. The van der Waals surface area contributed by atoms with Crippen molar-refractivity contribution in [3.05, 3.63) is 46.2 Å². The van der Waals surface area contributed by atoms with Crippen molar-refractivity contribution >= 4 is 17.5 Å². The van der Waals surface area contributed by atoms with Crippen molar-refractivity contribution in [1.82, 2.24) is 20.4 Å². The highest BCUT2D eigenvalue weighted by Gasteiger charge is 2.24. The molecule has 1 aromatic heterocycles. The van der Waals surface area contributed by atoms with Gasteiger partial charge in [-0.3, -0.25) is 9.89 Å². The zero-order valence-electron chi connectivity index (χ0n) is 16.0. The molecule has 0 saturated carbocycles. The van der Waals surface area contributed by atoms with Gasteiger partial charge in [-0.05, 0) is 36.1 Å². The lowest BCUT2D eigenvalue weighted by molar-refractivity contribution is 0.0729. The van der Waals surface area contributed by atoms with E-state index in [4.69, 9.17) is 16.3 Å². The minimum atomic E-state index is -0.0910. The quantitative estimate of drug-likeness (QED) is 0.739. The van der Waals surface area contributed by atoms with Crippen LogP contribution in [0.2, 0.25) is 5.02 Å². The van der Waals surface area contributed by atoms with Crippen LogP contribution in [-0.4, -0.2) is 48.3 Å². The number of hydrogen-bond acceptors (Lipinski definition) is 4. The first-order chi connectivity index (χ1) is 12.2. The first kappa shape index (κ1) is 20.3. The number of halogens is 1. The molecule has 0 saturated heterocycles. The summed E-state index contributed by atoms with van der Waals surface area (Å²) in [7, 11) is 3.41. The number of H-pyrrole nitrogens is 1. The number of aromatic nitrogens is 2. The lowest BCUT2D eigenvalue weighted by Crippen LogP contribution is -2.41. The second-order valence-electron chi connectivity index (χ2n) is 7.33. The second-order valence-corrected chi connectivity index (χ2v) is 7.74. The van der Waals surface area contributed by atoms with E-state index in [1.54, 1.807) is 25.1 Å². The summed E-state index contributed by atoms with van der Waals surface area (Å²) in [5.41, 5.74) is 2.33. The minimum absolute atomic E-state index is 0.0788. The number of nitrogens with zero attached hydrogens (tertiary/aromatic N) is 2. The number of hydrogen-bond donors (Lipinski definition) is 2. The Morgan fingerprint density at radius 1 is 1.38 bits per heavy atom. The van der Waals surface area contributed by atoms with Gasteiger partial charge in [-0.2, -0.15) is 5.10 Å². The number of rotatable bonds is 8. The summed E-state index contributed by atoms with van der Waals surface area (Å²) in [5, 5.41) is 10.9. The molecule has 0 spiro atoms. The Morgan fingerprint density at radius 2 is 2.12 bits per heavy atom. The van der Waals surface area contributed by atoms with E-state index in [0.717, 1.165) is 17.8 Å². The Bertz CT molecular complexity index is 758. The van der Waals surface area contributed by atoms with E-state index in [1.807, 2.05) is 25.1 Å². The lowest BCUT2D eigenvalue weighted by atomic mass is 9.92. The van der Waals surface area contributed by atoms with E-state index in [0.29, 0.717) is 29.6 Å². The van der Waals surface area contributed by atoms with Crippen LogP contribution in [0.5, 0.6) is 5.75 Å². The average molecular weight is 379 g/mol. The molecular weight excluding hydrogens is 352 g/mol. The fourth-order valence-corrected chi connectivity index (χ4v) is 3.05. The van der Waals surface area contributed by atoms with Crippen molar-refractivity contribution < 1.29 is 9.53 Å². The van der Waals surface area contributed by atoms with Gasteiger partial charge < -0.3 is 15.0 Å². The van der Waals surface area contributed by atoms with Crippen molar-refractivity contribution in [2.75, 3.05) is 27.2 Å². The normalized spacial score (nSPS) is 11.5. The van der Waals surface area contributed by atoms with Crippen LogP contribution in [0, 0.1) is 12.3 Å². The number of methoxy groups -OCH3 is 1. The predicted octanol–water partition coefficient (Wildman–Crippen LogP) is 3.27. The zero-order valence-corrected chi connectivity index (χ0v) is 16.8. The molecule has 142 valence electrons. The van der Waals surface area contributed by atoms with Gasteiger partial charge in [0.1, 0.15) is 11.4 Å². The van der Waals surface area contributed by atoms with Crippen molar-refractivity contribution in [3.8, 4) is 5.75 Å². The summed E-state index contributed by atoms with van der Waals surface area (Å²) >= 11 is 6.05. The van der Waals surface area contributed by atoms with E-state index >= 15 is 0 Å². The molecule has 0 aliphatic carbocycles. The molecule has 6 nitrogen and oxygen atoms in total. The first-order valence-electron chi connectivity index (χ1n) is 8.52. The summed E-state index contributed by atoms with van der Waals surface area (Å²) < 4.78 is 5.24. The van der Waals surface area contributed by atoms with Gasteiger partial charge in [-0.15, -0.1) is 0 Å². The van der Waals surface area contributed by atoms with E-state index in [-0.39, 0.29) is 11.3 Å². The number of carbonyl (C=O) groups excluding carboxylic acids is 1. The smallest absolute Gasteiger partial charge is 0.274 e. The Labute approximate surface area is 159 Å². The highest BCUT2D eigenvalue weighted by Crippen LogP contribution is 2.25. The Morgan fingerprint density at radius 3 is 2.73 bits per heavy atom. The van der Waals surface area contributed by atoms with Crippen LogP contribution >= 0.6 is 11.6 Å². The molecule has 0 bridgehead atoms. The van der Waals surface area contributed by atoms with Gasteiger partial charge in [0, 0.05) is 32.4 Å². The largest absolute Gasteiger partial charge is 0.495 e. The molecular formula is C19H27ClN4O2. The zero-order chi connectivity index (χ0) is 19.3. The van der Waals surface area contributed by atoms with Gasteiger partial charge in [0.05, 0.1) is 12.1 Å². The maximum absolute atomic E-state index is 12.4. The molecule has 0 fully saturated rings. The second kappa shape index (κ2) is 8.56. The van der Waals surface area contributed by atoms with Gasteiger partial charge in [0.25, 0.3) is 5.91 Å². The standard InChI is InChI=1S/C19H27ClN4O2/c1-13-8-16(23-22-13)18(25)24(4)12-19(2,3)11-21-10-14-6-7-15(20)17(9-14)26-5/h6-9,21H,10-12H2,1-5H3,(H,22,23). The Hall–Kier alpha value is -2.05. The maximum Gasteiger partial charge on any atom is 0.274 e. The molecule has 1 amide bonds. The number of benzene rings is 1. The molecule has 0 atom stereocenters. The summed E-state index contributed by atoms with van der Waals surface area (Å²) in [6.07, 6.45) is 0. The van der Waals surface area contributed by atoms with Crippen molar-refractivity contribution in [2.45, 2.75) is 27.3 Å². The monoisotopic (exact) mass is 378 g/mol. The molecule has 1 heterocycles. The third-order valence-electron chi connectivity index (χ3n) is 4.09. The number of amides is 1. The van der Waals surface area contributed by atoms with E-state index in [2.05, 4.69) is 29.4 Å². The summed E-state index contributed by atoms with van der Waals surface area (Å²) in [6, 6.07) is 7.50. The van der Waals surface area contributed by atoms with Crippen molar-refractivity contribution in [3.63, 3.8) is 0 Å². The number of carbonyl (C=O) groups is 1. The maximum atomic E-state index is 12.4. The Kier molecular flexibility index (Phi) is 6.67. The number of aryl methyl sites for hydroxylation is 1. The highest BCUT2D eigenvalue weighted by molar-refractivity contribution is 6.32. The van der Waals surface area contributed by atoms with Gasteiger partial charge in [-0.25, -0.2) is 0 Å². The fraction of sp³-hybridized carbons (Fsp3) is 0.474. The van der Waals surface area contributed by atoms with Gasteiger partial charge >= 0.3 is 0 Å². The lowest BCUT2D eigenvalue weighted by Gasteiger charge is -2.30. The molecule has 1 aromatic carbocycles. The predicted molar refractivity (Wildman–Crippen MR) is 104 cm³/mol. The molecule has 0 unspecified atom stereocenters. The molecule has 0 radical (unpaired) electrons. The molecule has 2 rings (SSSR count). The number of aromatic amines is 1. The molecule has 0 aliphatic rings. The minimum Gasteiger partial charge on any atom is -0.495 e. The summed E-state index contributed by atoms with van der Waals surface area (Å²) in [6.45, 7) is 8.21. The van der Waals surface area contributed by atoms with Crippen LogP contribution in [0.3, 0.4) is 0 Å². The van der Waals surface area contributed by atoms with Crippen LogP contribution in [0.4, 0.5) is 0 Å². The van der Waals surface area contributed by atoms with Gasteiger partial charge in [0.2, 0.25) is 0 Å². The number of nitrogens with one attached hydrogen (secondary N) is 2. The fourth-order valence-electron chi connectivity index (χ4n) is 2.85. The highest BCUT2D eigenvalue weighted by atomic mass is 35.5. The van der Waals surface area contributed by atoms with Crippen molar-refractivity contribution in [2.24, 2.45) is 5.41 Å². The molecule has 2 N–H and O–H groups in total. The van der Waals surface area contributed by atoms with Crippen LogP contribution < -0.4 is 10.1 Å². The molecule has 26 heavy (non-hydrogen) atoms. The third kappa shape index (κ3) is 5.47. The average Bonchev–Trinajstić information content (AvgIpc) is 3.01. The summed E-state index contributed by atoms with van der Waals surface area (Å²) in [4.78, 5) is 14.1. The topological polar surface area (TPSA) is 70.2 Å². The van der Waals surface area contributed by atoms with Crippen LogP contribution in [-0.2, 0) is 6.54 Å². The molecule has 7 heteroatoms. The van der Waals surface area contributed by atoms with Gasteiger partial charge in [-0.1, -0.05) is 31.5 Å². The van der Waals surface area contributed by atoms with Gasteiger partial charge in [0.15, 0.2) is 0 Å². The van der Waals surface area contributed by atoms with E-state index < -0.39 is 0 Å². The number of ether oxygens (including phenoxy) is 1.